The highest BCUT2D eigenvalue weighted by atomic mass is 79.9. The van der Waals surface area contributed by atoms with E-state index in [-0.39, 0.29) is 24.1 Å². The summed E-state index contributed by atoms with van der Waals surface area (Å²) in [5, 5.41) is 0. The van der Waals surface area contributed by atoms with Crippen molar-refractivity contribution < 1.29 is 14.3 Å². The fraction of sp³-hybridized carbons (Fsp3) is 0.250. The third-order valence-corrected chi connectivity index (χ3v) is 7.49. The van der Waals surface area contributed by atoms with E-state index in [2.05, 4.69) is 94.8 Å². The first-order valence-corrected chi connectivity index (χ1v) is 12.2. The van der Waals surface area contributed by atoms with Crippen LogP contribution in [0.25, 0.3) is 16.7 Å². The molecule has 0 aromatic heterocycles. The monoisotopic (exact) mass is 501 g/mol. The number of nitrogens with zero attached hydrogens (tertiary/aromatic N) is 1. The van der Waals surface area contributed by atoms with Gasteiger partial charge in [0.05, 0.1) is 25.3 Å². The molecule has 0 radical (unpaired) electrons. The molecule has 1 amide bonds. The predicted molar refractivity (Wildman–Crippen MR) is 132 cm³/mol. The minimum Gasteiger partial charge on any atom is -0.448 e. The average Bonchev–Trinajstić information content (AvgIpc) is 3.16. The van der Waals surface area contributed by atoms with Gasteiger partial charge in [0, 0.05) is 10.4 Å². The van der Waals surface area contributed by atoms with Crippen LogP contribution in [0.15, 0.2) is 83.3 Å². The number of carbonyl (C=O) groups excluding carboxylic acids is 1. The zero-order valence-corrected chi connectivity index (χ0v) is 19.7. The molecule has 6 rings (SSSR count). The van der Waals surface area contributed by atoms with Crippen LogP contribution in [0.2, 0.25) is 0 Å². The van der Waals surface area contributed by atoms with E-state index in [1.165, 1.54) is 33.4 Å². The fourth-order valence-electron chi connectivity index (χ4n) is 5.43. The molecule has 1 saturated heterocycles. The van der Waals surface area contributed by atoms with Gasteiger partial charge in [-0.2, -0.15) is 0 Å². The average molecular weight is 502 g/mol. The summed E-state index contributed by atoms with van der Waals surface area (Å²) < 4.78 is 12.8. The summed E-state index contributed by atoms with van der Waals surface area (Å²) in [5.41, 5.74) is 7.39. The van der Waals surface area contributed by atoms with Crippen LogP contribution in [0.1, 0.15) is 29.0 Å². The molecule has 2 bridgehead atoms. The maximum atomic E-state index is 13.3. The van der Waals surface area contributed by atoms with E-state index in [9.17, 15) is 4.79 Å². The van der Waals surface area contributed by atoms with Gasteiger partial charge in [-0.15, -0.1) is 0 Å². The maximum absolute atomic E-state index is 13.3. The Kier molecular flexibility index (Phi) is 5.31. The molecule has 166 valence electrons. The van der Waals surface area contributed by atoms with E-state index in [1.807, 2.05) is 4.90 Å². The van der Waals surface area contributed by atoms with E-state index in [0.29, 0.717) is 19.8 Å². The molecular weight excluding hydrogens is 478 g/mol. The predicted octanol–water partition coefficient (Wildman–Crippen LogP) is 6.25. The van der Waals surface area contributed by atoms with Crippen LogP contribution >= 0.6 is 15.9 Å². The Morgan fingerprint density at radius 3 is 2.27 bits per heavy atom. The second-order valence-electron chi connectivity index (χ2n) is 8.87. The molecule has 2 atom stereocenters. The van der Waals surface area contributed by atoms with Gasteiger partial charge >= 0.3 is 6.09 Å². The SMILES string of the molecule is O=C(OCC1c2ccccc2-c2ccccc21)N1C2C=C(c3ccc(Br)cc3)CC1COC2. The zero-order valence-electron chi connectivity index (χ0n) is 18.1. The van der Waals surface area contributed by atoms with Crippen molar-refractivity contribution in [1.82, 2.24) is 4.90 Å². The van der Waals surface area contributed by atoms with Gasteiger partial charge in [-0.25, -0.2) is 4.79 Å². The van der Waals surface area contributed by atoms with E-state index in [4.69, 9.17) is 9.47 Å². The van der Waals surface area contributed by atoms with E-state index >= 15 is 0 Å². The Labute approximate surface area is 202 Å². The number of halogens is 1. The third-order valence-electron chi connectivity index (χ3n) is 6.96. The Morgan fingerprint density at radius 1 is 0.939 bits per heavy atom. The maximum Gasteiger partial charge on any atom is 0.410 e. The van der Waals surface area contributed by atoms with Crippen molar-refractivity contribution >= 4 is 27.6 Å². The van der Waals surface area contributed by atoms with Crippen LogP contribution < -0.4 is 0 Å². The van der Waals surface area contributed by atoms with Crippen molar-refractivity contribution in [3.05, 3.63) is 100 Å². The topological polar surface area (TPSA) is 38.8 Å². The number of carbonyl (C=O) groups is 1. The summed E-state index contributed by atoms with van der Waals surface area (Å²) in [5.74, 6) is 0.0658. The summed E-state index contributed by atoms with van der Waals surface area (Å²) in [6, 6.07) is 25.1. The van der Waals surface area contributed by atoms with Crippen LogP contribution in [0.4, 0.5) is 4.79 Å². The highest BCUT2D eigenvalue weighted by molar-refractivity contribution is 9.10. The lowest BCUT2D eigenvalue weighted by atomic mass is 9.90. The van der Waals surface area contributed by atoms with Crippen LogP contribution in [-0.4, -0.2) is 42.9 Å². The molecule has 1 fully saturated rings. The molecule has 3 aromatic rings. The second-order valence-corrected chi connectivity index (χ2v) is 9.79. The largest absolute Gasteiger partial charge is 0.448 e. The molecule has 2 aliphatic heterocycles. The number of ether oxygens (including phenoxy) is 2. The third kappa shape index (κ3) is 3.69. The minimum absolute atomic E-state index is 0.0111. The molecule has 2 heterocycles. The number of morpholine rings is 1. The molecule has 3 aromatic carbocycles. The van der Waals surface area contributed by atoms with Crippen LogP contribution in [0.5, 0.6) is 0 Å². The van der Waals surface area contributed by atoms with Gasteiger partial charge in [0.2, 0.25) is 0 Å². The number of amides is 1. The second kappa shape index (κ2) is 8.47. The first-order valence-electron chi connectivity index (χ1n) is 11.4. The zero-order chi connectivity index (χ0) is 22.4. The number of rotatable bonds is 3. The lowest BCUT2D eigenvalue weighted by molar-refractivity contribution is -0.0331. The van der Waals surface area contributed by atoms with Crippen LogP contribution in [-0.2, 0) is 9.47 Å². The Bertz CT molecular complexity index is 1190. The van der Waals surface area contributed by atoms with E-state index in [0.717, 1.165) is 10.9 Å². The van der Waals surface area contributed by atoms with Gasteiger partial charge in [0.15, 0.2) is 0 Å². The number of hydrogen-bond donors (Lipinski definition) is 0. The molecule has 4 nitrogen and oxygen atoms in total. The summed E-state index contributed by atoms with van der Waals surface area (Å²) in [7, 11) is 0. The van der Waals surface area contributed by atoms with Crippen molar-refractivity contribution in [3.63, 3.8) is 0 Å². The molecule has 33 heavy (non-hydrogen) atoms. The fourth-order valence-corrected chi connectivity index (χ4v) is 5.69. The van der Waals surface area contributed by atoms with Crippen molar-refractivity contribution in [2.24, 2.45) is 0 Å². The van der Waals surface area contributed by atoms with Gasteiger partial charge < -0.3 is 9.47 Å². The Hall–Kier alpha value is -2.89. The number of benzene rings is 3. The number of hydrogen-bond acceptors (Lipinski definition) is 3. The van der Waals surface area contributed by atoms with Crippen molar-refractivity contribution in [2.45, 2.75) is 24.4 Å². The lowest BCUT2D eigenvalue weighted by Crippen LogP contribution is -2.56. The highest BCUT2D eigenvalue weighted by Gasteiger charge is 2.39. The van der Waals surface area contributed by atoms with Gasteiger partial charge in [-0.3, -0.25) is 4.90 Å². The van der Waals surface area contributed by atoms with Gasteiger partial charge in [-0.05, 0) is 51.9 Å². The summed E-state index contributed by atoms with van der Waals surface area (Å²) in [6.45, 7) is 1.38. The van der Waals surface area contributed by atoms with Gasteiger partial charge in [0.25, 0.3) is 0 Å². The van der Waals surface area contributed by atoms with Crippen LogP contribution in [0.3, 0.4) is 0 Å². The van der Waals surface area contributed by atoms with E-state index < -0.39 is 0 Å². The molecule has 0 saturated carbocycles. The Morgan fingerprint density at radius 2 is 1.61 bits per heavy atom. The first kappa shape index (κ1) is 20.7. The van der Waals surface area contributed by atoms with Gasteiger partial charge in [0.1, 0.15) is 6.61 Å². The molecule has 2 unspecified atom stereocenters. The standard InChI is InChI=1S/C28H24BrNO3/c29-20-11-9-18(10-12-20)19-13-21-15-32-16-22(14-19)30(21)28(31)33-17-27-25-7-3-1-5-23(25)24-6-2-4-8-26(24)27/h1-13,21-22,27H,14-17H2. The highest BCUT2D eigenvalue weighted by Crippen LogP contribution is 2.44. The molecule has 1 aliphatic carbocycles. The van der Waals surface area contributed by atoms with Crippen molar-refractivity contribution in [2.75, 3.05) is 19.8 Å². The van der Waals surface area contributed by atoms with Crippen LogP contribution in [0, 0.1) is 0 Å². The quantitative estimate of drug-likeness (QED) is 0.425. The molecule has 0 N–H and O–H groups in total. The van der Waals surface area contributed by atoms with Crippen molar-refractivity contribution in [1.29, 1.82) is 0 Å². The van der Waals surface area contributed by atoms with Crippen molar-refractivity contribution in [3.8, 4) is 11.1 Å². The minimum atomic E-state index is -0.249. The first-order chi connectivity index (χ1) is 16.2. The molecule has 5 heteroatoms. The normalized spacial score (nSPS) is 21.2. The smallest absolute Gasteiger partial charge is 0.410 e. The summed E-state index contributed by atoms with van der Waals surface area (Å²) >= 11 is 3.50. The summed E-state index contributed by atoms with van der Waals surface area (Å²) in [6.07, 6.45) is 2.68. The van der Waals surface area contributed by atoms with Gasteiger partial charge in [-0.1, -0.05) is 82.7 Å². The molecule has 0 spiro atoms. The lowest BCUT2D eigenvalue weighted by Gasteiger charge is -2.44. The molecule has 3 aliphatic rings. The number of fused-ring (bicyclic) bond motifs is 5. The van der Waals surface area contributed by atoms with E-state index in [1.54, 1.807) is 0 Å². The summed E-state index contributed by atoms with van der Waals surface area (Å²) in [4.78, 5) is 15.2. The molecular formula is C28H24BrNO3. The Balaban J connectivity index is 1.22.